The van der Waals surface area contributed by atoms with Crippen molar-refractivity contribution in [3.63, 3.8) is 0 Å². The van der Waals surface area contributed by atoms with E-state index in [1.165, 1.54) is 25.4 Å². The lowest BCUT2D eigenvalue weighted by Gasteiger charge is -2.27. The third-order valence-corrected chi connectivity index (χ3v) is 8.63. The van der Waals surface area contributed by atoms with Crippen LogP contribution in [-0.2, 0) is 19.4 Å². The van der Waals surface area contributed by atoms with Gasteiger partial charge in [-0.25, -0.2) is 13.4 Å². The predicted octanol–water partition coefficient (Wildman–Crippen LogP) is 4.59. The number of benzene rings is 2. The van der Waals surface area contributed by atoms with Gasteiger partial charge in [-0.05, 0) is 44.2 Å². The average molecular weight is 587 g/mol. The van der Waals surface area contributed by atoms with E-state index in [-0.39, 0.29) is 33.7 Å². The number of rotatable bonds is 10. The Morgan fingerprint density at radius 1 is 1.23 bits per heavy atom. The molecule has 1 aromatic heterocycles. The van der Waals surface area contributed by atoms with E-state index < -0.39 is 15.1 Å². The number of hydrogen-bond acceptors (Lipinski definition) is 10. The van der Waals surface area contributed by atoms with Gasteiger partial charge < -0.3 is 30.7 Å². The summed E-state index contributed by atoms with van der Waals surface area (Å²) in [7, 11) is -2.05. The Morgan fingerprint density at radius 3 is 2.67 bits per heavy atom. The number of para-hydroxylation sites is 1. The van der Waals surface area contributed by atoms with Gasteiger partial charge in [0.25, 0.3) is 0 Å². The van der Waals surface area contributed by atoms with E-state index in [2.05, 4.69) is 37.8 Å². The number of nitrogens with zero attached hydrogens (tertiary/aromatic N) is 2. The topological polar surface area (TPSA) is 144 Å². The van der Waals surface area contributed by atoms with Crippen LogP contribution < -0.4 is 26.0 Å². The molecule has 1 aliphatic rings. The summed E-state index contributed by atoms with van der Waals surface area (Å²) in [6.45, 7) is 8.60. The first kappa shape index (κ1) is 29.3. The monoisotopic (exact) mass is 586 g/mol. The van der Waals surface area contributed by atoms with E-state index in [9.17, 15) is 13.2 Å². The minimum atomic E-state index is -3.58. The normalized spacial score (nSPS) is 15.4. The van der Waals surface area contributed by atoms with Crippen LogP contribution in [0.1, 0.15) is 25.5 Å². The molecule has 1 aliphatic heterocycles. The molecule has 1 atom stereocenters. The van der Waals surface area contributed by atoms with Crippen LogP contribution >= 0.6 is 11.6 Å². The summed E-state index contributed by atoms with van der Waals surface area (Å²) < 4.78 is 37.3. The van der Waals surface area contributed by atoms with Gasteiger partial charge in [0.15, 0.2) is 15.7 Å². The first-order chi connectivity index (χ1) is 19.1. The molecule has 4 rings (SSSR count). The molecule has 0 bridgehead atoms. The van der Waals surface area contributed by atoms with Crippen LogP contribution in [0.2, 0.25) is 5.02 Å². The number of hydrogen-bond donors (Lipinski definition) is 4. The van der Waals surface area contributed by atoms with Gasteiger partial charge in [-0.1, -0.05) is 30.3 Å². The van der Waals surface area contributed by atoms with Crippen LogP contribution in [0.3, 0.4) is 0 Å². The van der Waals surface area contributed by atoms with Gasteiger partial charge in [0.05, 0.1) is 47.5 Å². The first-order valence-electron chi connectivity index (χ1n) is 12.5. The van der Waals surface area contributed by atoms with E-state index in [0.717, 1.165) is 12.1 Å². The van der Waals surface area contributed by atoms with Crippen molar-refractivity contribution in [3.8, 4) is 5.75 Å². The highest BCUT2D eigenvalue weighted by Crippen LogP contribution is 2.38. The third-order valence-electron chi connectivity index (χ3n) is 6.15. The second-order valence-corrected chi connectivity index (χ2v) is 12.0. The molecule has 0 spiro atoms. The molecule has 13 heteroatoms. The van der Waals surface area contributed by atoms with E-state index >= 15 is 0 Å². The van der Waals surface area contributed by atoms with Crippen molar-refractivity contribution in [3.05, 3.63) is 65.8 Å². The maximum Gasteiger partial charge on any atom is 0.247 e. The summed E-state index contributed by atoms with van der Waals surface area (Å²) in [5.74, 6) is 0.425. The van der Waals surface area contributed by atoms with Gasteiger partial charge in [-0.2, -0.15) is 4.98 Å². The van der Waals surface area contributed by atoms with Crippen LogP contribution in [-0.4, -0.2) is 56.3 Å². The van der Waals surface area contributed by atoms with Crippen molar-refractivity contribution >= 4 is 56.2 Å². The third kappa shape index (κ3) is 6.53. The number of methoxy groups -OCH3 is 1. The van der Waals surface area contributed by atoms with Crippen LogP contribution in [0.25, 0.3) is 0 Å². The number of anilines is 5. The van der Waals surface area contributed by atoms with Crippen molar-refractivity contribution in [2.75, 3.05) is 42.8 Å². The van der Waals surface area contributed by atoms with Gasteiger partial charge in [0, 0.05) is 24.3 Å². The first-order valence-corrected chi connectivity index (χ1v) is 14.4. The molecule has 0 aliphatic carbocycles. The summed E-state index contributed by atoms with van der Waals surface area (Å²) in [6.07, 6.45) is 2.27. The number of sulfone groups is 1. The Hall–Kier alpha value is -3.71. The van der Waals surface area contributed by atoms with Crippen molar-refractivity contribution in [1.82, 2.24) is 15.3 Å². The van der Waals surface area contributed by atoms with Crippen molar-refractivity contribution in [1.29, 1.82) is 0 Å². The van der Waals surface area contributed by atoms with Crippen LogP contribution in [0, 0.1) is 0 Å². The Bertz CT molecular complexity index is 1510. The largest absolute Gasteiger partial charge is 0.495 e. The molecule has 212 valence electrons. The summed E-state index contributed by atoms with van der Waals surface area (Å²) in [4.78, 5) is 21.1. The number of carbonyl (C=O) groups excluding carboxylic acids is 1. The van der Waals surface area contributed by atoms with Crippen molar-refractivity contribution < 1.29 is 22.7 Å². The predicted molar refractivity (Wildman–Crippen MR) is 156 cm³/mol. The van der Waals surface area contributed by atoms with E-state index in [4.69, 9.17) is 21.1 Å². The van der Waals surface area contributed by atoms with E-state index in [1.54, 1.807) is 44.2 Å². The summed E-state index contributed by atoms with van der Waals surface area (Å²) >= 11 is 6.38. The maximum atomic E-state index is 12.9. The fourth-order valence-corrected chi connectivity index (χ4v) is 5.36. The Kier molecular flexibility index (Phi) is 9.25. The molecule has 11 nitrogen and oxygen atoms in total. The fourth-order valence-electron chi connectivity index (χ4n) is 4.02. The number of halogens is 1. The molecule has 1 fully saturated rings. The molecular weight excluding hydrogens is 556 g/mol. The van der Waals surface area contributed by atoms with Crippen molar-refractivity contribution in [2.24, 2.45) is 0 Å². The summed E-state index contributed by atoms with van der Waals surface area (Å²) in [6, 6.07) is 10.0. The molecule has 0 saturated carbocycles. The number of nitrogens with one attached hydrogen (secondary N) is 4. The number of morpholine rings is 1. The number of carbonyl (C=O) groups is 1. The lowest BCUT2D eigenvalue weighted by molar-refractivity contribution is -0.111. The quantitative estimate of drug-likeness (QED) is 0.249. The summed E-state index contributed by atoms with van der Waals surface area (Å²) in [5, 5.41) is 11.8. The molecule has 40 heavy (non-hydrogen) atoms. The van der Waals surface area contributed by atoms with Gasteiger partial charge in [0.2, 0.25) is 11.9 Å². The van der Waals surface area contributed by atoms with Gasteiger partial charge in [0.1, 0.15) is 10.8 Å². The molecule has 4 N–H and O–H groups in total. The molecule has 2 heterocycles. The number of amides is 1. The lowest BCUT2D eigenvalue weighted by atomic mass is 10.0. The maximum absolute atomic E-state index is 12.9. The molecule has 3 aromatic rings. The lowest BCUT2D eigenvalue weighted by Crippen LogP contribution is -2.33. The second kappa shape index (κ2) is 12.6. The zero-order chi connectivity index (χ0) is 28.9. The Labute approximate surface area is 238 Å². The zero-order valence-electron chi connectivity index (χ0n) is 22.3. The minimum Gasteiger partial charge on any atom is -0.495 e. The molecule has 2 aromatic carbocycles. The van der Waals surface area contributed by atoms with Gasteiger partial charge in [-0.15, -0.1) is 0 Å². The highest BCUT2D eigenvalue weighted by Gasteiger charge is 2.24. The zero-order valence-corrected chi connectivity index (χ0v) is 23.9. The smallest absolute Gasteiger partial charge is 0.247 e. The van der Waals surface area contributed by atoms with E-state index in [0.29, 0.717) is 36.0 Å². The Balaban J connectivity index is 1.69. The van der Waals surface area contributed by atoms with Crippen LogP contribution in [0.4, 0.5) is 28.8 Å². The van der Waals surface area contributed by atoms with E-state index in [1.807, 2.05) is 0 Å². The van der Waals surface area contributed by atoms with Crippen LogP contribution in [0.15, 0.2) is 60.1 Å². The standard InChI is InChI=1S/C27H31ClN6O5S/c1-5-25(35)31-20-13-21(22(38-4)12-17(20)23-15-29-10-11-39-23)33-27-30-14-18(28)26(34-27)32-19-8-6-7-9-24(19)40(36,37)16(2)3/h5-9,12-14,16,23,29H,1,10-11,15H2,2-4H3,(H,31,35)(H2,30,32,33,34). The highest BCUT2D eigenvalue weighted by atomic mass is 35.5. The minimum absolute atomic E-state index is 0.133. The van der Waals surface area contributed by atoms with Gasteiger partial charge >= 0.3 is 0 Å². The number of aromatic nitrogens is 2. The fraction of sp³-hybridized carbons (Fsp3) is 0.296. The number of ether oxygens (including phenoxy) is 2. The van der Waals surface area contributed by atoms with Gasteiger partial charge in [-0.3, -0.25) is 4.79 Å². The molecule has 1 unspecified atom stereocenters. The molecule has 1 saturated heterocycles. The molecule has 1 amide bonds. The summed E-state index contributed by atoms with van der Waals surface area (Å²) in [5.41, 5.74) is 2.03. The average Bonchev–Trinajstić information content (AvgIpc) is 2.95. The second-order valence-electron chi connectivity index (χ2n) is 9.13. The van der Waals surface area contributed by atoms with Crippen molar-refractivity contribution in [2.45, 2.75) is 30.1 Å². The Morgan fingerprint density at radius 2 is 2.00 bits per heavy atom. The van der Waals surface area contributed by atoms with Crippen LogP contribution in [0.5, 0.6) is 5.75 Å². The SMILES string of the molecule is C=CC(=O)Nc1cc(Nc2ncc(Cl)c(Nc3ccccc3S(=O)(=O)C(C)C)n2)c(OC)cc1C1CNCCO1. The highest BCUT2D eigenvalue weighted by molar-refractivity contribution is 7.92. The molecule has 0 radical (unpaired) electrons. The molecular formula is C27H31ClN6O5S.